The van der Waals surface area contributed by atoms with E-state index in [1.807, 2.05) is 6.26 Å². The summed E-state index contributed by atoms with van der Waals surface area (Å²) in [6.45, 7) is 0. The molecule has 3 amide bonds. The van der Waals surface area contributed by atoms with E-state index < -0.39 is 53.8 Å². The second-order valence-electron chi connectivity index (χ2n) is 8.40. The number of aromatic amines is 2. The average Bonchev–Trinajstić information content (AvgIpc) is 3.58. The molecule has 0 aliphatic heterocycles. The van der Waals surface area contributed by atoms with E-state index in [9.17, 15) is 29.1 Å². The van der Waals surface area contributed by atoms with E-state index in [4.69, 9.17) is 10.8 Å². The van der Waals surface area contributed by atoms with Crippen LogP contribution < -0.4 is 21.7 Å². The summed E-state index contributed by atoms with van der Waals surface area (Å²) in [5.41, 5.74) is 6.77. The van der Waals surface area contributed by atoms with Gasteiger partial charge in [0.15, 0.2) is 0 Å². The van der Waals surface area contributed by atoms with Gasteiger partial charge in [0.1, 0.15) is 18.1 Å². The van der Waals surface area contributed by atoms with Gasteiger partial charge < -0.3 is 41.9 Å². The van der Waals surface area contributed by atoms with Gasteiger partial charge in [-0.2, -0.15) is 11.8 Å². The normalized spacial score (nSPS) is 14.1. The molecule has 208 valence electrons. The number of carboxylic acid groups (broad SMARTS) is 2. The maximum absolute atomic E-state index is 13.2. The second kappa shape index (κ2) is 15.4. The topological polar surface area (TPSA) is 245 Å². The number of hydrogen-bond donors (Lipinski definition) is 8. The van der Waals surface area contributed by atoms with Gasteiger partial charge in [0.25, 0.3) is 0 Å². The number of carbonyl (C=O) groups is 5. The number of amides is 3. The van der Waals surface area contributed by atoms with E-state index in [2.05, 4.69) is 35.9 Å². The van der Waals surface area contributed by atoms with E-state index in [0.29, 0.717) is 17.1 Å². The Bertz CT molecular complexity index is 1060. The van der Waals surface area contributed by atoms with Crippen molar-refractivity contribution >= 4 is 41.4 Å². The lowest BCUT2D eigenvalue weighted by atomic mass is 10.1. The highest BCUT2D eigenvalue weighted by Gasteiger charge is 2.31. The number of imidazole rings is 2. The number of hydrogen-bond acceptors (Lipinski definition) is 9. The minimum atomic E-state index is -1.30. The number of H-pyrrole nitrogens is 2. The van der Waals surface area contributed by atoms with Gasteiger partial charge in [-0.1, -0.05) is 0 Å². The highest BCUT2D eigenvalue weighted by atomic mass is 32.2. The Morgan fingerprint density at radius 2 is 1.39 bits per heavy atom. The molecule has 0 aliphatic rings. The summed E-state index contributed by atoms with van der Waals surface area (Å²) < 4.78 is 0. The molecule has 0 bridgehead atoms. The molecule has 0 spiro atoms. The van der Waals surface area contributed by atoms with Gasteiger partial charge in [-0.05, 0) is 24.9 Å². The number of nitrogens with one attached hydrogen (secondary N) is 5. The Morgan fingerprint density at radius 3 is 1.89 bits per heavy atom. The molecule has 4 atom stereocenters. The van der Waals surface area contributed by atoms with Crippen molar-refractivity contribution in [3.8, 4) is 0 Å². The van der Waals surface area contributed by atoms with Crippen LogP contribution in [0.2, 0.25) is 0 Å². The number of nitrogens with two attached hydrogens (primary N) is 1. The van der Waals surface area contributed by atoms with Crippen LogP contribution in [-0.4, -0.2) is 96.0 Å². The number of carboxylic acids is 2. The molecule has 2 aromatic heterocycles. The maximum Gasteiger partial charge on any atom is 0.326 e. The first kappa shape index (κ1) is 30.3. The van der Waals surface area contributed by atoms with Crippen LogP contribution in [0.15, 0.2) is 25.0 Å². The molecule has 9 N–H and O–H groups in total. The molecular weight excluding hydrogens is 520 g/mol. The van der Waals surface area contributed by atoms with Crippen LogP contribution in [0, 0.1) is 0 Å². The Kier molecular flexibility index (Phi) is 12.2. The summed E-state index contributed by atoms with van der Waals surface area (Å²) in [6, 6.07) is -4.72. The van der Waals surface area contributed by atoms with Crippen molar-refractivity contribution in [3.63, 3.8) is 0 Å². The first-order valence-corrected chi connectivity index (χ1v) is 13.0. The molecule has 2 aromatic rings. The Balaban J connectivity index is 2.15. The molecule has 2 heterocycles. The predicted octanol–water partition coefficient (Wildman–Crippen LogP) is -1.60. The highest BCUT2D eigenvalue weighted by molar-refractivity contribution is 7.98. The number of nitrogens with zero attached hydrogens (tertiary/aromatic N) is 2. The number of aromatic nitrogens is 4. The third kappa shape index (κ3) is 10.2. The second-order valence-corrected chi connectivity index (χ2v) is 9.39. The van der Waals surface area contributed by atoms with Crippen molar-refractivity contribution < 1.29 is 34.2 Å². The molecule has 4 unspecified atom stereocenters. The van der Waals surface area contributed by atoms with E-state index >= 15 is 0 Å². The van der Waals surface area contributed by atoms with Crippen LogP contribution in [0.25, 0.3) is 0 Å². The van der Waals surface area contributed by atoms with Crippen LogP contribution >= 0.6 is 11.8 Å². The third-order valence-electron chi connectivity index (χ3n) is 5.45. The van der Waals surface area contributed by atoms with Crippen LogP contribution in [0.3, 0.4) is 0 Å². The van der Waals surface area contributed by atoms with Crippen LogP contribution in [0.5, 0.6) is 0 Å². The number of thioether (sulfide) groups is 1. The molecule has 0 radical (unpaired) electrons. The minimum absolute atomic E-state index is 0.0325. The molecule has 0 aromatic carbocycles. The summed E-state index contributed by atoms with van der Waals surface area (Å²) in [6.07, 6.45) is 7.17. The first-order chi connectivity index (χ1) is 18.1. The highest BCUT2D eigenvalue weighted by Crippen LogP contribution is 2.07. The summed E-state index contributed by atoms with van der Waals surface area (Å²) in [7, 11) is 0. The Morgan fingerprint density at radius 1 is 0.868 bits per heavy atom. The molecule has 0 aliphatic carbocycles. The molecule has 0 fully saturated rings. The molecule has 15 nitrogen and oxygen atoms in total. The fourth-order valence-electron chi connectivity index (χ4n) is 3.38. The largest absolute Gasteiger partial charge is 0.481 e. The van der Waals surface area contributed by atoms with E-state index in [1.54, 1.807) is 0 Å². The predicted molar refractivity (Wildman–Crippen MR) is 136 cm³/mol. The summed E-state index contributed by atoms with van der Waals surface area (Å²) >= 11 is 1.43. The lowest BCUT2D eigenvalue weighted by molar-refractivity contribution is -0.142. The van der Waals surface area contributed by atoms with Crippen LogP contribution in [0.4, 0.5) is 0 Å². The van der Waals surface area contributed by atoms with E-state index in [0.717, 1.165) is 0 Å². The minimum Gasteiger partial charge on any atom is -0.481 e. The molecular formula is C22H32N8O7S. The fourth-order valence-corrected chi connectivity index (χ4v) is 3.85. The average molecular weight is 553 g/mol. The van der Waals surface area contributed by atoms with Gasteiger partial charge in [0.05, 0.1) is 18.7 Å². The molecule has 0 saturated carbocycles. The van der Waals surface area contributed by atoms with Gasteiger partial charge >= 0.3 is 11.9 Å². The third-order valence-corrected chi connectivity index (χ3v) is 6.10. The number of aliphatic carboxylic acids is 2. The smallest absolute Gasteiger partial charge is 0.326 e. The van der Waals surface area contributed by atoms with Gasteiger partial charge in [-0.3, -0.25) is 19.2 Å². The van der Waals surface area contributed by atoms with Gasteiger partial charge in [-0.15, -0.1) is 0 Å². The van der Waals surface area contributed by atoms with E-state index in [1.165, 1.54) is 36.8 Å². The maximum atomic E-state index is 13.2. The summed E-state index contributed by atoms with van der Waals surface area (Å²) in [5, 5.41) is 26.0. The summed E-state index contributed by atoms with van der Waals surface area (Å²) in [4.78, 5) is 74.7. The fraction of sp³-hybridized carbons (Fsp3) is 0.500. The van der Waals surface area contributed by atoms with Gasteiger partial charge in [0, 0.05) is 43.0 Å². The lowest BCUT2D eigenvalue weighted by Gasteiger charge is -2.25. The molecule has 0 saturated heterocycles. The quantitative estimate of drug-likeness (QED) is 0.111. The molecule has 16 heteroatoms. The van der Waals surface area contributed by atoms with Crippen molar-refractivity contribution in [2.75, 3.05) is 12.0 Å². The standard InChI is InChI=1S/C22H32N8O7S/c1-38-5-4-15(28-19(33)14(23)2-3-18(31)32)20(34)29-16(6-12-8-24-10-26-12)21(35)30-17(22(36)37)7-13-9-25-11-27-13/h8-11,14-17H,2-7,23H2,1H3,(H,24,26)(H,25,27)(H,28,33)(H,29,34)(H,30,35)(H,31,32)(H,36,37). The monoisotopic (exact) mass is 552 g/mol. The number of rotatable bonds is 17. The molecule has 38 heavy (non-hydrogen) atoms. The zero-order chi connectivity index (χ0) is 28.1. The zero-order valence-electron chi connectivity index (χ0n) is 20.7. The van der Waals surface area contributed by atoms with Crippen molar-refractivity contribution in [1.82, 2.24) is 35.9 Å². The van der Waals surface area contributed by atoms with Crippen molar-refractivity contribution in [2.45, 2.75) is 56.3 Å². The summed E-state index contributed by atoms with van der Waals surface area (Å²) in [5.74, 6) is -4.03. The van der Waals surface area contributed by atoms with Crippen molar-refractivity contribution in [3.05, 3.63) is 36.4 Å². The van der Waals surface area contributed by atoms with Crippen LogP contribution in [0.1, 0.15) is 30.7 Å². The van der Waals surface area contributed by atoms with Gasteiger partial charge in [-0.25, -0.2) is 14.8 Å². The zero-order valence-corrected chi connectivity index (χ0v) is 21.5. The number of carbonyl (C=O) groups excluding carboxylic acids is 3. The van der Waals surface area contributed by atoms with Gasteiger partial charge in [0.2, 0.25) is 17.7 Å². The molecule has 2 rings (SSSR count). The van der Waals surface area contributed by atoms with E-state index in [-0.39, 0.29) is 32.1 Å². The van der Waals surface area contributed by atoms with Crippen molar-refractivity contribution in [1.29, 1.82) is 0 Å². The first-order valence-electron chi connectivity index (χ1n) is 11.6. The lowest BCUT2D eigenvalue weighted by Crippen LogP contribution is -2.58. The SMILES string of the molecule is CSCCC(NC(=O)C(N)CCC(=O)O)C(=O)NC(Cc1cnc[nH]1)C(=O)NC(Cc1cnc[nH]1)C(=O)O. The Hall–Kier alpha value is -3.92. The van der Waals surface area contributed by atoms with Crippen molar-refractivity contribution in [2.24, 2.45) is 5.73 Å². The van der Waals surface area contributed by atoms with Crippen LogP contribution in [-0.2, 0) is 36.8 Å². The Labute approximate surface area is 222 Å².